The van der Waals surface area contributed by atoms with Gasteiger partial charge < -0.3 is 0 Å². The normalized spacial score (nSPS) is 26.4. The van der Waals surface area contributed by atoms with Crippen LogP contribution in [0.1, 0.15) is 34.1 Å². The molecule has 2 aromatic rings. The molecule has 2 aliphatic rings. The van der Waals surface area contributed by atoms with E-state index in [0.717, 1.165) is 20.9 Å². The molecule has 0 heterocycles. The number of nitrogens with zero attached hydrogens (tertiary/aromatic N) is 2. The first-order valence-electron chi connectivity index (χ1n) is 11.1. The average molecular weight is 598 g/mol. The van der Waals surface area contributed by atoms with Crippen molar-refractivity contribution in [3.63, 3.8) is 0 Å². The summed E-state index contributed by atoms with van der Waals surface area (Å²) < 4.78 is 0. The number of halogens is 4. The molecule has 0 radical (unpaired) electrons. The van der Waals surface area contributed by atoms with Gasteiger partial charge in [-0.05, 0) is 83.6 Å². The van der Waals surface area contributed by atoms with Crippen LogP contribution in [-0.4, -0.2) is 19.8 Å². The molecule has 0 saturated heterocycles. The highest BCUT2D eigenvalue weighted by Crippen LogP contribution is 2.48. The van der Waals surface area contributed by atoms with Crippen molar-refractivity contribution < 1.29 is 9.85 Å². The molecule has 4 unspecified atom stereocenters. The van der Waals surface area contributed by atoms with Gasteiger partial charge in [-0.3, -0.25) is 20.2 Å². The summed E-state index contributed by atoms with van der Waals surface area (Å²) in [5.41, 5.74) is 2.59. The van der Waals surface area contributed by atoms with Gasteiger partial charge in [-0.1, -0.05) is 71.4 Å². The minimum atomic E-state index is -1.87. The van der Waals surface area contributed by atoms with E-state index >= 15 is 0 Å². The molecule has 0 spiro atoms. The summed E-state index contributed by atoms with van der Waals surface area (Å²) in [7, 11) is 0. The molecule has 4 rings (SSSR count). The van der Waals surface area contributed by atoms with Crippen molar-refractivity contribution in [1.29, 1.82) is 0 Å². The Bertz CT molecular complexity index is 1320. The lowest BCUT2D eigenvalue weighted by Crippen LogP contribution is -2.37. The number of allylic oxidation sites excluding steroid dienone is 4. The molecule has 0 fully saturated rings. The Labute approximate surface area is 237 Å². The van der Waals surface area contributed by atoms with E-state index in [0.29, 0.717) is 21.2 Å². The van der Waals surface area contributed by atoms with E-state index < -0.39 is 31.7 Å². The van der Waals surface area contributed by atoms with Crippen molar-refractivity contribution in [1.82, 2.24) is 0 Å². The van der Waals surface area contributed by atoms with Crippen molar-refractivity contribution in [3.8, 4) is 0 Å². The highest BCUT2D eigenvalue weighted by molar-refractivity contribution is 7.99. The fourth-order valence-electron chi connectivity index (χ4n) is 4.61. The van der Waals surface area contributed by atoms with E-state index in [1.54, 1.807) is 48.6 Å². The van der Waals surface area contributed by atoms with E-state index in [1.165, 1.54) is 23.9 Å². The number of nitro groups is 2. The van der Waals surface area contributed by atoms with Gasteiger partial charge in [0.25, 0.3) is 0 Å². The third kappa shape index (κ3) is 4.84. The maximum absolute atomic E-state index is 11.9. The maximum Gasteiger partial charge on any atom is 0.324 e. The molecule has 37 heavy (non-hydrogen) atoms. The first-order valence-corrected chi connectivity index (χ1v) is 13.4. The monoisotopic (exact) mass is 596 g/mol. The molecule has 0 saturated carbocycles. The summed E-state index contributed by atoms with van der Waals surface area (Å²) in [6, 6.07) is 7.03. The molecule has 192 valence electrons. The van der Waals surface area contributed by atoms with E-state index in [2.05, 4.69) is 0 Å². The van der Waals surface area contributed by atoms with E-state index in [1.807, 2.05) is 26.0 Å². The number of benzene rings is 2. The standard InChI is InChI=1S/C26H20Cl4N2O4S/c1-15-21(11-9-19(27)23(15)17-7-3-5-13-25(17,29)31(33)34)37-22-12-10-20(28)24(16(22)2)18-8-4-6-14-26(18,30)32(35)36/h3-14,17-18H,1-2H3. The van der Waals surface area contributed by atoms with E-state index in [4.69, 9.17) is 46.4 Å². The van der Waals surface area contributed by atoms with Gasteiger partial charge in [0.1, 0.15) is 0 Å². The van der Waals surface area contributed by atoms with Gasteiger partial charge in [-0.15, -0.1) is 0 Å². The molecule has 6 nitrogen and oxygen atoms in total. The van der Waals surface area contributed by atoms with Crippen molar-refractivity contribution in [3.05, 3.63) is 125 Å². The molecule has 2 aromatic carbocycles. The zero-order chi connectivity index (χ0) is 27.1. The summed E-state index contributed by atoms with van der Waals surface area (Å²) in [4.78, 5) is 20.6. The first-order chi connectivity index (χ1) is 17.4. The second-order valence-corrected chi connectivity index (χ2v) is 11.8. The van der Waals surface area contributed by atoms with Crippen molar-refractivity contribution in [2.24, 2.45) is 0 Å². The lowest BCUT2D eigenvalue weighted by atomic mass is 9.85. The van der Waals surface area contributed by atoms with E-state index in [9.17, 15) is 20.2 Å². The van der Waals surface area contributed by atoms with Crippen LogP contribution in [-0.2, 0) is 0 Å². The smallest absolute Gasteiger partial charge is 0.262 e. The third-order valence-electron chi connectivity index (χ3n) is 6.59. The van der Waals surface area contributed by atoms with Gasteiger partial charge in [0.15, 0.2) is 0 Å². The topological polar surface area (TPSA) is 86.3 Å². The van der Waals surface area contributed by atoms with Crippen LogP contribution in [0, 0.1) is 34.1 Å². The third-order valence-corrected chi connectivity index (χ3v) is 9.57. The van der Waals surface area contributed by atoms with Gasteiger partial charge >= 0.3 is 10.00 Å². The first kappa shape index (κ1) is 27.7. The predicted octanol–water partition coefficient (Wildman–Crippen LogP) is 8.60. The predicted molar refractivity (Wildman–Crippen MR) is 150 cm³/mol. The second-order valence-electron chi connectivity index (χ2n) is 8.68. The number of hydrogen-bond donors (Lipinski definition) is 0. The van der Waals surface area contributed by atoms with Crippen molar-refractivity contribution >= 4 is 58.2 Å². The summed E-state index contributed by atoms with van der Waals surface area (Å²) in [6.45, 7) is 3.68. The zero-order valence-corrected chi connectivity index (χ0v) is 23.4. The maximum atomic E-state index is 11.9. The van der Waals surface area contributed by atoms with Crippen LogP contribution in [0.3, 0.4) is 0 Å². The molecule has 0 aliphatic heterocycles. The minimum Gasteiger partial charge on any atom is -0.262 e. The average Bonchev–Trinajstić information content (AvgIpc) is 2.84. The van der Waals surface area contributed by atoms with Gasteiger partial charge in [-0.2, -0.15) is 0 Å². The Morgan fingerprint density at radius 2 is 1.11 bits per heavy atom. The lowest BCUT2D eigenvalue weighted by Gasteiger charge is -2.29. The van der Waals surface area contributed by atoms with Crippen LogP contribution >= 0.6 is 58.2 Å². The Morgan fingerprint density at radius 1 is 0.730 bits per heavy atom. The van der Waals surface area contributed by atoms with Crippen LogP contribution in [0.15, 0.2) is 82.7 Å². The van der Waals surface area contributed by atoms with Crippen LogP contribution in [0.25, 0.3) is 0 Å². The quantitative estimate of drug-likeness (QED) is 0.144. The van der Waals surface area contributed by atoms with E-state index in [-0.39, 0.29) is 0 Å². The molecular formula is C26H20Cl4N2O4S. The molecule has 0 bridgehead atoms. The van der Waals surface area contributed by atoms with Gasteiger partial charge in [0.05, 0.1) is 11.8 Å². The molecule has 11 heteroatoms. The molecule has 2 aliphatic carbocycles. The fourth-order valence-corrected chi connectivity index (χ4v) is 6.80. The Morgan fingerprint density at radius 3 is 1.46 bits per heavy atom. The summed E-state index contributed by atoms with van der Waals surface area (Å²) >= 11 is 27.5. The number of hydrogen-bond acceptors (Lipinski definition) is 5. The van der Waals surface area contributed by atoms with Gasteiger partial charge in [-0.25, -0.2) is 0 Å². The van der Waals surface area contributed by atoms with Gasteiger partial charge in [0.2, 0.25) is 0 Å². The highest BCUT2D eigenvalue weighted by atomic mass is 35.5. The molecule has 0 amide bonds. The Kier molecular flexibility index (Phi) is 7.84. The Balaban J connectivity index is 1.79. The second kappa shape index (κ2) is 10.5. The Hall–Kier alpha value is -2.29. The molecule has 0 N–H and O–H groups in total. The number of alkyl halides is 2. The van der Waals surface area contributed by atoms with Crippen LogP contribution in [0.2, 0.25) is 10.0 Å². The lowest BCUT2D eigenvalue weighted by molar-refractivity contribution is -0.530. The molecule has 4 atom stereocenters. The summed E-state index contributed by atoms with van der Waals surface area (Å²) in [5.74, 6) is -1.58. The largest absolute Gasteiger partial charge is 0.324 e. The fraction of sp³-hybridized carbons (Fsp3) is 0.231. The van der Waals surface area contributed by atoms with Crippen LogP contribution < -0.4 is 0 Å². The molecular weight excluding hydrogens is 578 g/mol. The highest BCUT2D eigenvalue weighted by Gasteiger charge is 2.49. The van der Waals surface area contributed by atoms with Gasteiger partial charge in [0, 0.05) is 41.8 Å². The zero-order valence-electron chi connectivity index (χ0n) is 19.5. The van der Waals surface area contributed by atoms with Crippen molar-refractivity contribution in [2.75, 3.05) is 0 Å². The number of rotatable bonds is 6. The van der Waals surface area contributed by atoms with Crippen molar-refractivity contribution in [2.45, 2.75) is 45.5 Å². The summed E-state index contributed by atoms with van der Waals surface area (Å²) in [6.07, 6.45) is 12.6. The summed E-state index contributed by atoms with van der Waals surface area (Å²) in [5, 5.41) is 24.5. The molecule has 0 aromatic heterocycles. The minimum absolute atomic E-state index is 0.365. The van der Waals surface area contributed by atoms with Crippen LogP contribution in [0.4, 0.5) is 0 Å². The SMILES string of the molecule is Cc1c(Sc2ccc(Cl)c(C3C=CC=CC3(Cl)[N+](=O)[O-])c2C)ccc(Cl)c1C1C=CC=CC1(Cl)[N+](=O)[O-]. The van der Waals surface area contributed by atoms with Crippen LogP contribution in [0.5, 0.6) is 0 Å².